The highest BCUT2D eigenvalue weighted by atomic mass is 19.4. The number of ether oxygens (including phenoxy) is 1. The molecule has 1 aliphatic heterocycles. The number of halogens is 3. The van der Waals surface area contributed by atoms with Crippen molar-refractivity contribution < 1.29 is 32.6 Å². The monoisotopic (exact) mass is 324 g/mol. The zero-order valence-corrected chi connectivity index (χ0v) is 11.9. The Morgan fingerprint density at radius 1 is 1.27 bits per heavy atom. The van der Waals surface area contributed by atoms with E-state index in [-0.39, 0.29) is 6.54 Å². The third-order valence-corrected chi connectivity index (χ3v) is 3.92. The topological polar surface area (TPSA) is 78.9 Å². The van der Waals surface area contributed by atoms with E-state index >= 15 is 0 Å². The quantitative estimate of drug-likeness (QED) is 0.722. The summed E-state index contributed by atoms with van der Waals surface area (Å²) in [5.41, 5.74) is 0. The highest BCUT2D eigenvalue weighted by Crippen LogP contribution is 2.37. The molecule has 0 spiro atoms. The Morgan fingerprint density at radius 3 is 2.45 bits per heavy atom. The molecule has 2 amide bonds. The molecule has 2 atom stereocenters. The number of urea groups is 1. The number of nitrogens with zero attached hydrogens (tertiary/aromatic N) is 1. The number of carboxylic acids is 1. The number of hydrogen-bond donors (Lipinski definition) is 2. The first-order valence-corrected chi connectivity index (χ1v) is 7.19. The Hall–Kier alpha value is -1.51. The van der Waals surface area contributed by atoms with E-state index in [0.29, 0.717) is 19.1 Å². The maximum absolute atomic E-state index is 12.8. The fourth-order valence-electron chi connectivity index (χ4n) is 2.43. The van der Waals surface area contributed by atoms with Gasteiger partial charge in [-0.15, -0.1) is 0 Å². The molecule has 2 aliphatic rings. The number of carboxylic acid groups (broad SMARTS) is 1. The largest absolute Gasteiger partial charge is 0.481 e. The van der Waals surface area contributed by atoms with E-state index in [2.05, 4.69) is 5.32 Å². The molecular formula is C13H19F3N2O4. The van der Waals surface area contributed by atoms with Gasteiger partial charge in [-0.1, -0.05) is 0 Å². The van der Waals surface area contributed by atoms with Gasteiger partial charge in [0.1, 0.15) is 0 Å². The van der Waals surface area contributed by atoms with Crippen LogP contribution in [0.15, 0.2) is 0 Å². The summed E-state index contributed by atoms with van der Waals surface area (Å²) in [6, 6.07) is -0.687. The Balaban J connectivity index is 1.76. The van der Waals surface area contributed by atoms with Crippen LogP contribution in [0, 0.1) is 17.8 Å². The Kier molecular flexibility index (Phi) is 5.15. The molecule has 22 heavy (non-hydrogen) atoms. The van der Waals surface area contributed by atoms with Crippen LogP contribution in [0.3, 0.4) is 0 Å². The summed E-state index contributed by atoms with van der Waals surface area (Å²) in [6.07, 6.45) is -2.34. The summed E-state index contributed by atoms with van der Waals surface area (Å²) in [6.45, 7) is 0.0535. The first-order valence-electron chi connectivity index (χ1n) is 7.19. The second kappa shape index (κ2) is 6.72. The van der Waals surface area contributed by atoms with Crippen molar-refractivity contribution in [2.45, 2.75) is 19.0 Å². The van der Waals surface area contributed by atoms with Crippen molar-refractivity contribution in [1.82, 2.24) is 10.2 Å². The Bertz CT molecular complexity index is 426. The van der Waals surface area contributed by atoms with E-state index in [9.17, 15) is 22.8 Å². The van der Waals surface area contributed by atoms with Crippen LogP contribution in [0.25, 0.3) is 0 Å². The molecule has 2 rings (SSSR count). The second-order valence-electron chi connectivity index (χ2n) is 5.75. The van der Waals surface area contributed by atoms with Crippen molar-refractivity contribution in [1.29, 1.82) is 0 Å². The molecule has 2 fully saturated rings. The standard InChI is InChI=1S/C13H19F3N2O4/c14-13(15,16)10-6-18(5-9(10)11(19)20)12(21)17-3-4-22-7-8-1-2-8/h8-10H,1-7H2,(H,17,21)(H,19,20)/t9-,10-/m1/s1. The molecule has 1 heterocycles. The van der Waals surface area contributed by atoms with Crippen molar-refractivity contribution >= 4 is 12.0 Å². The lowest BCUT2D eigenvalue weighted by atomic mass is 9.96. The average Bonchev–Trinajstić information content (AvgIpc) is 3.11. The van der Waals surface area contributed by atoms with E-state index < -0.39 is 43.1 Å². The van der Waals surface area contributed by atoms with E-state index in [0.717, 1.165) is 17.7 Å². The van der Waals surface area contributed by atoms with Crippen LogP contribution in [0.4, 0.5) is 18.0 Å². The van der Waals surface area contributed by atoms with Crippen molar-refractivity contribution in [3.63, 3.8) is 0 Å². The molecular weight excluding hydrogens is 305 g/mol. The van der Waals surface area contributed by atoms with Crippen molar-refractivity contribution in [2.24, 2.45) is 17.8 Å². The van der Waals surface area contributed by atoms with Gasteiger partial charge in [0.2, 0.25) is 0 Å². The number of carbonyl (C=O) groups is 2. The first-order chi connectivity index (χ1) is 10.3. The van der Waals surface area contributed by atoms with Crippen LogP contribution >= 0.6 is 0 Å². The van der Waals surface area contributed by atoms with E-state index in [4.69, 9.17) is 9.84 Å². The molecule has 0 radical (unpaired) electrons. The molecule has 1 aliphatic carbocycles. The first kappa shape index (κ1) is 16.9. The third kappa shape index (κ3) is 4.49. The average molecular weight is 324 g/mol. The van der Waals surface area contributed by atoms with Gasteiger partial charge in [0.15, 0.2) is 0 Å². The molecule has 9 heteroatoms. The lowest BCUT2D eigenvalue weighted by molar-refractivity contribution is -0.187. The highest BCUT2D eigenvalue weighted by molar-refractivity contribution is 5.77. The summed E-state index contributed by atoms with van der Waals surface area (Å²) in [4.78, 5) is 23.6. The Labute approximate surface area is 125 Å². The zero-order chi connectivity index (χ0) is 16.3. The molecule has 1 saturated carbocycles. The molecule has 1 saturated heterocycles. The van der Waals surface area contributed by atoms with Gasteiger partial charge in [0.05, 0.1) is 18.4 Å². The Morgan fingerprint density at radius 2 is 1.95 bits per heavy atom. The number of amides is 2. The summed E-state index contributed by atoms with van der Waals surface area (Å²) in [7, 11) is 0. The van der Waals surface area contributed by atoms with Gasteiger partial charge >= 0.3 is 18.2 Å². The van der Waals surface area contributed by atoms with Gasteiger partial charge < -0.3 is 20.1 Å². The number of carbonyl (C=O) groups excluding carboxylic acids is 1. The van der Waals surface area contributed by atoms with Crippen LogP contribution in [0.1, 0.15) is 12.8 Å². The predicted octanol–water partition coefficient (Wildman–Crippen LogP) is 1.32. The molecule has 0 aromatic heterocycles. The third-order valence-electron chi connectivity index (χ3n) is 3.92. The van der Waals surface area contributed by atoms with Gasteiger partial charge in [-0.2, -0.15) is 13.2 Å². The molecule has 6 nitrogen and oxygen atoms in total. The lowest BCUT2D eigenvalue weighted by Crippen LogP contribution is -2.40. The van der Waals surface area contributed by atoms with Gasteiger partial charge in [-0.05, 0) is 18.8 Å². The van der Waals surface area contributed by atoms with Crippen molar-refractivity contribution in [3.05, 3.63) is 0 Å². The zero-order valence-electron chi connectivity index (χ0n) is 11.9. The number of aliphatic carboxylic acids is 1. The van der Waals surface area contributed by atoms with Crippen LogP contribution in [0.2, 0.25) is 0 Å². The maximum atomic E-state index is 12.8. The molecule has 0 bridgehead atoms. The fourth-order valence-corrected chi connectivity index (χ4v) is 2.43. The summed E-state index contributed by atoms with van der Waals surface area (Å²) >= 11 is 0. The highest BCUT2D eigenvalue weighted by Gasteiger charge is 2.53. The molecule has 2 N–H and O–H groups in total. The van der Waals surface area contributed by atoms with E-state index in [1.54, 1.807) is 0 Å². The second-order valence-corrected chi connectivity index (χ2v) is 5.75. The molecule has 0 aromatic carbocycles. The molecule has 0 aromatic rings. The number of nitrogens with one attached hydrogen (secondary N) is 1. The number of alkyl halides is 3. The van der Waals surface area contributed by atoms with Crippen molar-refractivity contribution in [2.75, 3.05) is 32.8 Å². The summed E-state index contributed by atoms with van der Waals surface area (Å²) in [5, 5.41) is 11.3. The summed E-state index contributed by atoms with van der Waals surface area (Å²) in [5.74, 6) is -4.58. The van der Waals surface area contributed by atoms with Crippen LogP contribution < -0.4 is 5.32 Å². The van der Waals surface area contributed by atoms with Crippen LogP contribution in [-0.4, -0.2) is 61.0 Å². The minimum Gasteiger partial charge on any atom is -0.481 e. The molecule has 126 valence electrons. The van der Waals surface area contributed by atoms with Crippen molar-refractivity contribution in [3.8, 4) is 0 Å². The van der Waals surface area contributed by atoms with Crippen LogP contribution in [-0.2, 0) is 9.53 Å². The van der Waals surface area contributed by atoms with E-state index in [1.165, 1.54) is 0 Å². The minimum absolute atomic E-state index is 0.191. The lowest BCUT2D eigenvalue weighted by Gasteiger charge is -2.18. The van der Waals surface area contributed by atoms with Gasteiger partial charge in [-0.3, -0.25) is 4.79 Å². The van der Waals surface area contributed by atoms with E-state index in [1.807, 2.05) is 0 Å². The number of rotatable bonds is 6. The minimum atomic E-state index is -4.63. The maximum Gasteiger partial charge on any atom is 0.394 e. The van der Waals surface area contributed by atoms with Gasteiger partial charge in [-0.25, -0.2) is 4.79 Å². The fraction of sp³-hybridized carbons (Fsp3) is 0.846. The summed E-state index contributed by atoms with van der Waals surface area (Å²) < 4.78 is 43.7. The smallest absolute Gasteiger partial charge is 0.394 e. The van der Waals surface area contributed by atoms with Gasteiger partial charge in [0, 0.05) is 26.2 Å². The SMILES string of the molecule is O=C(O)[C@@H]1CN(C(=O)NCCOCC2CC2)C[C@H]1C(F)(F)F. The normalized spacial score (nSPS) is 25.3. The molecule has 0 unspecified atom stereocenters. The van der Waals surface area contributed by atoms with Gasteiger partial charge in [0.25, 0.3) is 0 Å². The number of hydrogen-bond acceptors (Lipinski definition) is 3. The van der Waals surface area contributed by atoms with Crippen LogP contribution in [0.5, 0.6) is 0 Å². The predicted molar refractivity (Wildman–Crippen MR) is 69.2 cm³/mol. The number of likely N-dealkylation sites (tertiary alicyclic amines) is 1.